The number of hydrogen-bond donors (Lipinski definition) is 2. The summed E-state index contributed by atoms with van der Waals surface area (Å²) in [5.41, 5.74) is 6.66. The lowest BCUT2D eigenvalue weighted by atomic mass is 10.1. The quantitative estimate of drug-likeness (QED) is 0.685. The summed E-state index contributed by atoms with van der Waals surface area (Å²) in [6, 6.07) is 9.41. The maximum absolute atomic E-state index is 10.5. The Balaban J connectivity index is 2.38. The number of primary amides is 1. The molecule has 0 fully saturated rings. The van der Waals surface area contributed by atoms with Crippen LogP contribution in [0.2, 0.25) is 0 Å². The number of nitrogens with zero attached hydrogens (tertiary/aromatic N) is 1. The van der Waals surface area contributed by atoms with Gasteiger partial charge in [0, 0.05) is 19.5 Å². The fourth-order valence-electron chi connectivity index (χ4n) is 1.20. The van der Waals surface area contributed by atoms with Gasteiger partial charge in [-0.1, -0.05) is 12.1 Å². The summed E-state index contributed by atoms with van der Waals surface area (Å²) in [5.74, 6) is -0.312. The van der Waals surface area contributed by atoms with Crippen LogP contribution < -0.4 is 11.1 Å². The normalized spacial score (nSPS) is 9.53. The summed E-state index contributed by atoms with van der Waals surface area (Å²) >= 11 is 0. The molecule has 1 aromatic rings. The van der Waals surface area contributed by atoms with E-state index in [1.54, 1.807) is 6.07 Å². The molecule has 0 aliphatic heterocycles. The van der Waals surface area contributed by atoms with Crippen LogP contribution in [-0.4, -0.2) is 12.5 Å². The van der Waals surface area contributed by atoms with Crippen molar-refractivity contribution in [2.45, 2.75) is 13.0 Å². The third-order valence-corrected chi connectivity index (χ3v) is 1.93. The summed E-state index contributed by atoms with van der Waals surface area (Å²) in [7, 11) is 0. The Labute approximate surface area is 88.7 Å². The first-order valence-corrected chi connectivity index (χ1v) is 4.70. The first-order chi connectivity index (χ1) is 7.22. The number of hydrogen-bond acceptors (Lipinski definition) is 3. The topological polar surface area (TPSA) is 78.9 Å². The highest BCUT2D eigenvalue weighted by molar-refractivity contribution is 5.73. The van der Waals surface area contributed by atoms with Gasteiger partial charge in [0.2, 0.25) is 5.91 Å². The Morgan fingerprint density at radius 3 is 3.00 bits per heavy atom. The molecule has 0 aliphatic carbocycles. The average molecular weight is 203 g/mol. The van der Waals surface area contributed by atoms with Gasteiger partial charge in [0.15, 0.2) is 0 Å². The minimum atomic E-state index is -0.312. The number of nitrogens with one attached hydrogen (secondary N) is 1. The number of rotatable bonds is 5. The highest BCUT2D eigenvalue weighted by Gasteiger charge is 1.96. The Hall–Kier alpha value is -1.86. The number of amides is 1. The summed E-state index contributed by atoms with van der Waals surface area (Å²) < 4.78 is 0. The first kappa shape index (κ1) is 11.2. The van der Waals surface area contributed by atoms with Gasteiger partial charge in [0.1, 0.15) is 0 Å². The molecule has 0 radical (unpaired) electrons. The highest BCUT2D eigenvalue weighted by Crippen LogP contribution is 2.03. The lowest BCUT2D eigenvalue weighted by molar-refractivity contribution is -0.117. The van der Waals surface area contributed by atoms with Crippen LogP contribution in [0.15, 0.2) is 24.3 Å². The monoisotopic (exact) mass is 203 g/mol. The molecule has 1 amide bonds. The van der Waals surface area contributed by atoms with Crippen molar-refractivity contribution < 1.29 is 4.79 Å². The largest absolute Gasteiger partial charge is 0.370 e. The van der Waals surface area contributed by atoms with Gasteiger partial charge in [-0.25, -0.2) is 0 Å². The molecule has 0 aliphatic rings. The number of nitrogens with two attached hydrogens (primary N) is 1. The molecule has 0 saturated carbocycles. The van der Waals surface area contributed by atoms with E-state index in [4.69, 9.17) is 11.0 Å². The molecule has 0 heterocycles. The number of carbonyl (C=O) groups is 1. The second kappa shape index (κ2) is 5.78. The predicted octanol–water partition coefficient (Wildman–Crippen LogP) is 0.523. The Bertz CT molecular complexity index is 382. The van der Waals surface area contributed by atoms with Crippen LogP contribution in [-0.2, 0) is 11.3 Å². The molecular weight excluding hydrogens is 190 g/mol. The zero-order chi connectivity index (χ0) is 11.1. The number of carbonyl (C=O) groups excluding carboxylic acids is 1. The van der Waals surface area contributed by atoms with E-state index in [1.807, 2.05) is 18.2 Å². The Morgan fingerprint density at radius 2 is 2.33 bits per heavy atom. The zero-order valence-corrected chi connectivity index (χ0v) is 8.36. The van der Waals surface area contributed by atoms with E-state index in [-0.39, 0.29) is 5.91 Å². The molecular formula is C11H13N3O. The minimum absolute atomic E-state index is 0.312. The molecule has 1 rings (SSSR count). The van der Waals surface area contributed by atoms with E-state index < -0.39 is 0 Å². The SMILES string of the molecule is N#Cc1cccc(CNCCC(N)=O)c1. The molecule has 0 aromatic heterocycles. The van der Waals surface area contributed by atoms with Crippen molar-refractivity contribution in [3.63, 3.8) is 0 Å². The molecule has 1 aromatic carbocycles. The minimum Gasteiger partial charge on any atom is -0.370 e. The first-order valence-electron chi connectivity index (χ1n) is 4.70. The third kappa shape index (κ3) is 4.25. The van der Waals surface area contributed by atoms with Crippen molar-refractivity contribution >= 4 is 5.91 Å². The van der Waals surface area contributed by atoms with Gasteiger partial charge in [0.05, 0.1) is 11.6 Å². The molecule has 0 saturated heterocycles. The molecule has 78 valence electrons. The van der Waals surface area contributed by atoms with Crippen molar-refractivity contribution in [2.75, 3.05) is 6.54 Å². The second-order valence-corrected chi connectivity index (χ2v) is 3.21. The molecule has 3 N–H and O–H groups in total. The number of nitriles is 1. The van der Waals surface area contributed by atoms with Crippen molar-refractivity contribution in [2.24, 2.45) is 5.73 Å². The zero-order valence-electron chi connectivity index (χ0n) is 8.36. The van der Waals surface area contributed by atoms with E-state index in [0.29, 0.717) is 25.1 Å². The van der Waals surface area contributed by atoms with Gasteiger partial charge in [-0.2, -0.15) is 5.26 Å². The molecule has 4 heteroatoms. The smallest absolute Gasteiger partial charge is 0.218 e. The van der Waals surface area contributed by atoms with Crippen LogP contribution in [0, 0.1) is 11.3 Å². The van der Waals surface area contributed by atoms with E-state index >= 15 is 0 Å². The lowest BCUT2D eigenvalue weighted by Gasteiger charge is -2.03. The van der Waals surface area contributed by atoms with E-state index in [1.165, 1.54) is 0 Å². The molecule has 4 nitrogen and oxygen atoms in total. The predicted molar refractivity (Wildman–Crippen MR) is 56.7 cm³/mol. The van der Waals surface area contributed by atoms with Crippen LogP contribution in [0.25, 0.3) is 0 Å². The van der Waals surface area contributed by atoms with E-state index in [2.05, 4.69) is 11.4 Å². The van der Waals surface area contributed by atoms with Crippen molar-refractivity contribution in [1.82, 2.24) is 5.32 Å². The lowest BCUT2D eigenvalue weighted by Crippen LogP contribution is -2.21. The van der Waals surface area contributed by atoms with Gasteiger partial charge in [0.25, 0.3) is 0 Å². The Kier molecular flexibility index (Phi) is 4.32. The van der Waals surface area contributed by atoms with Gasteiger partial charge < -0.3 is 11.1 Å². The average Bonchev–Trinajstić information content (AvgIpc) is 2.24. The molecule has 0 atom stereocenters. The summed E-state index contributed by atoms with van der Waals surface area (Å²) in [5, 5.41) is 11.7. The Morgan fingerprint density at radius 1 is 1.53 bits per heavy atom. The fourth-order valence-corrected chi connectivity index (χ4v) is 1.20. The standard InChI is InChI=1S/C11H13N3O/c12-7-9-2-1-3-10(6-9)8-14-5-4-11(13)15/h1-3,6,14H,4-5,8H2,(H2,13,15). The summed E-state index contributed by atoms with van der Waals surface area (Å²) in [6.07, 6.45) is 0.331. The van der Waals surface area contributed by atoms with Crippen molar-refractivity contribution in [3.05, 3.63) is 35.4 Å². The molecule has 0 spiro atoms. The fraction of sp³-hybridized carbons (Fsp3) is 0.273. The van der Waals surface area contributed by atoms with Crippen LogP contribution in [0.4, 0.5) is 0 Å². The summed E-state index contributed by atoms with van der Waals surface area (Å²) in [4.78, 5) is 10.5. The van der Waals surface area contributed by atoms with Gasteiger partial charge in [-0.05, 0) is 17.7 Å². The third-order valence-electron chi connectivity index (χ3n) is 1.93. The van der Waals surface area contributed by atoms with Gasteiger partial charge in [-0.15, -0.1) is 0 Å². The van der Waals surface area contributed by atoms with Crippen LogP contribution in [0.5, 0.6) is 0 Å². The second-order valence-electron chi connectivity index (χ2n) is 3.21. The maximum atomic E-state index is 10.5. The van der Waals surface area contributed by atoms with Crippen LogP contribution >= 0.6 is 0 Å². The summed E-state index contributed by atoms with van der Waals surface area (Å²) in [6.45, 7) is 1.20. The van der Waals surface area contributed by atoms with E-state index in [0.717, 1.165) is 5.56 Å². The highest BCUT2D eigenvalue weighted by atomic mass is 16.1. The molecule has 0 bridgehead atoms. The molecule has 0 unspecified atom stereocenters. The van der Waals surface area contributed by atoms with Gasteiger partial charge >= 0.3 is 0 Å². The van der Waals surface area contributed by atoms with Gasteiger partial charge in [-0.3, -0.25) is 4.79 Å². The molecule has 15 heavy (non-hydrogen) atoms. The van der Waals surface area contributed by atoms with Crippen LogP contribution in [0.1, 0.15) is 17.5 Å². The van der Waals surface area contributed by atoms with Crippen molar-refractivity contribution in [1.29, 1.82) is 5.26 Å². The maximum Gasteiger partial charge on any atom is 0.218 e. The van der Waals surface area contributed by atoms with Crippen molar-refractivity contribution in [3.8, 4) is 6.07 Å². The number of benzene rings is 1. The van der Waals surface area contributed by atoms with Crippen LogP contribution in [0.3, 0.4) is 0 Å². The van der Waals surface area contributed by atoms with E-state index in [9.17, 15) is 4.79 Å².